The Morgan fingerprint density at radius 1 is 0.964 bits per heavy atom. The predicted octanol–water partition coefficient (Wildman–Crippen LogP) is 5.90. The van der Waals surface area contributed by atoms with Crippen LogP contribution in [0.3, 0.4) is 0 Å². The van der Waals surface area contributed by atoms with E-state index in [0.717, 1.165) is 63.7 Å². The summed E-state index contributed by atoms with van der Waals surface area (Å²) in [6.45, 7) is 5.21. The van der Waals surface area contributed by atoms with Crippen molar-refractivity contribution in [3.05, 3.63) is 83.0 Å². The second kappa shape index (κ2) is 15.2. The smallest absolute Gasteiger partial charge is 0.228 e. The van der Waals surface area contributed by atoms with E-state index in [1.807, 2.05) is 78.5 Å². The Balaban J connectivity index is 1.04. The molecule has 1 atom stereocenters. The molecule has 13 heteroatoms. The van der Waals surface area contributed by atoms with E-state index in [1.165, 1.54) is 0 Å². The highest BCUT2D eigenvalue weighted by molar-refractivity contribution is 6.36. The number of hydrogen-bond donors (Lipinski definition) is 3. The molecule has 3 aromatic carbocycles. The average Bonchev–Trinajstić information content (AvgIpc) is 3.73. The summed E-state index contributed by atoms with van der Waals surface area (Å²) in [5.41, 5.74) is 6.40. The zero-order valence-corrected chi connectivity index (χ0v) is 32.3. The normalized spacial score (nSPS) is 17.8. The van der Waals surface area contributed by atoms with Gasteiger partial charge in [-0.1, -0.05) is 48.0 Å². The van der Waals surface area contributed by atoms with Crippen molar-refractivity contribution in [2.45, 2.75) is 57.8 Å². The molecule has 0 unspecified atom stereocenters. The van der Waals surface area contributed by atoms with Crippen LogP contribution in [0.2, 0.25) is 5.02 Å². The van der Waals surface area contributed by atoms with Crippen LogP contribution in [0, 0.1) is 5.41 Å². The van der Waals surface area contributed by atoms with E-state index in [-0.39, 0.29) is 23.3 Å². The Kier molecular flexibility index (Phi) is 10.1. The first-order valence-electron chi connectivity index (χ1n) is 18.8. The highest BCUT2D eigenvalue weighted by Crippen LogP contribution is 2.42. The molecule has 5 aromatic rings. The van der Waals surface area contributed by atoms with E-state index < -0.39 is 0 Å². The van der Waals surface area contributed by atoms with Crippen molar-refractivity contribution < 1.29 is 23.8 Å². The molecule has 3 fully saturated rings. The second-order valence-corrected chi connectivity index (χ2v) is 15.4. The number of benzene rings is 3. The molecule has 286 valence electrons. The number of carbonyl (C=O) groups excluding carboxylic acids is 2. The largest absolute Gasteiger partial charge is 0.496 e. The molecule has 8 rings (SSSR count). The number of pyridine rings is 1. The van der Waals surface area contributed by atoms with Crippen molar-refractivity contribution in [1.82, 2.24) is 35.6 Å². The van der Waals surface area contributed by atoms with E-state index >= 15 is 0 Å². The van der Waals surface area contributed by atoms with Crippen LogP contribution in [0.15, 0.2) is 66.9 Å². The molecule has 1 aliphatic carbocycles. The van der Waals surface area contributed by atoms with Gasteiger partial charge in [0.05, 0.1) is 60.4 Å². The van der Waals surface area contributed by atoms with Crippen molar-refractivity contribution >= 4 is 34.3 Å². The second-order valence-electron chi connectivity index (χ2n) is 15.0. The molecule has 3 N–H and O–H groups in total. The number of likely N-dealkylation sites (tertiary alicyclic amines) is 1. The molecule has 12 nitrogen and oxygen atoms in total. The minimum atomic E-state index is -0.389. The van der Waals surface area contributed by atoms with Gasteiger partial charge in [0.25, 0.3) is 0 Å². The molecule has 4 heterocycles. The summed E-state index contributed by atoms with van der Waals surface area (Å²) in [7, 11) is 4.93. The summed E-state index contributed by atoms with van der Waals surface area (Å²) in [4.78, 5) is 31.5. The number of nitrogens with zero attached hydrogens (tertiary/aromatic N) is 4. The zero-order chi connectivity index (χ0) is 38.3. The van der Waals surface area contributed by atoms with Gasteiger partial charge in [-0.3, -0.25) is 14.5 Å². The Morgan fingerprint density at radius 3 is 2.38 bits per heavy atom. The molecule has 2 aromatic heterocycles. The van der Waals surface area contributed by atoms with Crippen molar-refractivity contribution in [1.29, 1.82) is 0 Å². The van der Waals surface area contributed by atoms with Crippen molar-refractivity contribution in [2.24, 2.45) is 5.41 Å². The summed E-state index contributed by atoms with van der Waals surface area (Å²) in [5.74, 6) is 2.13. The third-order valence-corrected chi connectivity index (χ3v) is 11.3. The van der Waals surface area contributed by atoms with Crippen LogP contribution >= 0.6 is 11.6 Å². The van der Waals surface area contributed by atoms with Crippen LogP contribution in [0.5, 0.6) is 17.4 Å². The highest BCUT2D eigenvalue weighted by atomic mass is 35.5. The first-order chi connectivity index (χ1) is 26.7. The number of methoxy groups -OCH3 is 3. The molecule has 55 heavy (non-hydrogen) atoms. The highest BCUT2D eigenvalue weighted by Gasteiger charge is 2.46. The average molecular weight is 764 g/mol. The number of hydrogen-bond acceptors (Lipinski definition) is 9. The van der Waals surface area contributed by atoms with Gasteiger partial charge in [0.15, 0.2) is 0 Å². The zero-order valence-electron chi connectivity index (χ0n) is 31.6. The fraction of sp³-hybridized carbons (Fsp3) is 0.381. The van der Waals surface area contributed by atoms with E-state index in [2.05, 4.69) is 20.9 Å². The van der Waals surface area contributed by atoms with Gasteiger partial charge in [-0.15, -0.1) is 0 Å². The minimum Gasteiger partial charge on any atom is -0.496 e. The standard InChI is InChI=1S/C42H46ClN7O5/c1-42(41(52)47-26-12-13-26)23-49(24-42)22-33-36(53-2)17-28(18-37(33)54-3)50-35-10-6-7-29(32(35)21-45-50)30-8-5-9-31(39(30)43)34-15-11-25(40(48-34)55-4)19-44-20-27-14-16-38(51)46-27/h5-11,15,17-18,21,26-27,44H,12-14,16,19-20,22-24H2,1-4H3,(H,46,51)(H,47,52)/t27-/m0/s1. The van der Waals surface area contributed by atoms with E-state index in [9.17, 15) is 9.59 Å². The van der Waals surface area contributed by atoms with Gasteiger partial charge in [-0.05, 0) is 43.9 Å². The molecule has 2 saturated heterocycles. The summed E-state index contributed by atoms with van der Waals surface area (Å²) < 4.78 is 19.4. The quantitative estimate of drug-likeness (QED) is 0.127. The first kappa shape index (κ1) is 36.8. The van der Waals surface area contributed by atoms with Gasteiger partial charge in [0.2, 0.25) is 17.7 Å². The lowest BCUT2D eigenvalue weighted by atomic mass is 9.80. The molecule has 0 bridgehead atoms. The van der Waals surface area contributed by atoms with Crippen LogP contribution in [-0.4, -0.2) is 84.5 Å². The van der Waals surface area contributed by atoms with Crippen LogP contribution in [0.25, 0.3) is 39.0 Å². The number of aromatic nitrogens is 3. The van der Waals surface area contributed by atoms with E-state index in [4.69, 9.17) is 35.9 Å². The van der Waals surface area contributed by atoms with Crippen molar-refractivity contribution in [3.8, 4) is 45.5 Å². The van der Waals surface area contributed by atoms with E-state index in [0.29, 0.717) is 73.3 Å². The Hall–Kier alpha value is -5.17. The fourth-order valence-electron chi connectivity index (χ4n) is 7.83. The molecule has 3 aliphatic rings. The van der Waals surface area contributed by atoms with Gasteiger partial charge in [0.1, 0.15) is 11.5 Å². The third kappa shape index (κ3) is 7.33. The number of rotatable bonds is 14. The molecular formula is C42H46ClN7O5. The summed E-state index contributed by atoms with van der Waals surface area (Å²) in [6.07, 6.45) is 5.42. The predicted molar refractivity (Wildman–Crippen MR) is 212 cm³/mol. The minimum absolute atomic E-state index is 0.102. The molecule has 0 spiro atoms. The van der Waals surface area contributed by atoms with Gasteiger partial charge >= 0.3 is 0 Å². The maximum absolute atomic E-state index is 12.8. The lowest BCUT2D eigenvalue weighted by molar-refractivity contribution is -0.140. The van der Waals surface area contributed by atoms with Gasteiger partial charge < -0.3 is 30.2 Å². The lowest BCUT2D eigenvalue weighted by Gasteiger charge is -2.47. The molecule has 1 saturated carbocycles. The number of amides is 2. The Bertz CT molecular complexity index is 2240. The maximum atomic E-state index is 12.8. The molecule has 0 radical (unpaired) electrons. The third-order valence-electron chi connectivity index (χ3n) is 10.9. The molecule has 2 amide bonds. The summed E-state index contributed by atoms with van der Waals surface area (Å²) >= 11 is 7.21. The van der Waals surface area contributed by atoms with Crippen LogP contribution in [0.4, 0.5) is 0 Å². The van der Waals surface area contributed by atoms with Crippen LogP contribution in [-0.2, 0) is 22.7 Å². The van der Waals surface area contributed by atoms with Gasteiger partial charge in [-0.2, -0.15) is 5.10 Å². The summed E-state index contributed by atoms with van der Waals surface area (Å²) in [5, 5.41) is 15.9. The topological polar surface area (TPSA) is 132 Å². The SMILES string of the molecule is COc1cc(-n2ncc3c(-c4cccc(-c5ccc(CNC[C@@H]6CCC(=O)N6)c(OC)n5)c4Cl)cccc32)cc(OC)c1CN1CC(C)(C(=O)NC2CC2)C1. The van der Waals surface area contributed by atoms with Gasteiger partial charge in [-0.25, -0.2) is 9.67 Å². The monoisotopic (exact) mass is 763 g/mol. The van der Waals surface area contributed by atoms with Gasteiger partial charge in [0, 0.05) is 85.4 Å². The maximum Gasteiger partial charge on any atom is 0.228 e. The van der Waals surface area contributed by atoms with Crippen molar-refractivity contribution in [2.75, 3.05) is 41.0 Å². The number of ether oxygens (including phenoxy) is 3. The molecule has 2 aliphatic heterocycles. The van der Waals surface area contributed by atoms with Crippen LogP contribution in [0.1, 0.15) is 43.7 Å². The number of halogens is 1. The summed E-state index contributed by atoms with van der Waals surface area (Å²) in [6, 6.07) is 20.4. The van der Waals surface area contributed by atoms with Crippen LogP contribution < -0.4 is 30.2 Å². The first-order valence-corrected chi connectivity index (χ1v) is 19.1. The van der Waals surface area contributed by atoms with E-state index in [1.54, 1.807) is 21.3 Å². The van der Waals surface area contributed by atoms with Crippen molar-refractivity contribution in [3.63, 3.8) is 0 Å². The number of nitrogens with one attached hydrogen (secondary N) is 3. The molecular weight excluding hydrogens is 718 g/mol. The number of fused-ring (bicyclic) bond motifs is 1. The lowest BCUT2D eigenvalue weighted by Crippen LogP contribution is -2.61. The fourth-order valence-corrected chi connectivity index (χ4v) is 8.15. The Morgan fingerprint density at radius 2 is 1.69 bits per heavy atom. The number of carbonyl (C=O) groups is 2. The Labute approximate surface area is 325 Å².